The van der Waals surface area contributed by atoms with Gasteiger partial charge in [0, 0.05) is 46.2 Å². The molecule has 136 valence electrons. The Morgan fingerprint density at radius 2 is 2.04 bits per heavy atom. The first-order valence-electron chi connectivity index (χ1n) is 8.02. The van der Waals surface area contributed by atoms with Gasteiger partial charge in [-0.3, -0.25) is 14.0 Å². The van der Waals surface area contributed by atoms with E-state index in [-0.39, 0.29) is 11.5 Å². The smallest absolute Gasteiger partial charge is 0.258 e. The molecule has 4 aromatic rings. The molecule has 0 fully saturated rings. The summed E-state index contributed by atoms with van der Waals surface area (Å²) in [5.41, 5.74) is 2.37. The number of thioether (sulfide) groups is 1. The maximum absolute atomic E-state index is 12.1. The van der Waals surface area contributed by atoms with Crippen LogP contribution >= 0.6 is 34.4 Å². The van der Waals surface area contributed by atoms with Crippen molar-refractivity contribution in [2.75, 3.05) is 11.1 Å². The predicted octanol–water partition coefficient (Wildman–Crippen LogP) is 3.75. The Balaban J connectivity index is 1.31. The summed E-state index contributed by atoms with van der Waals surface area (Å²) in [5, 5.41) is 7.59. The molecule has 3 heterocycles. The zero-order valence-electron chi connectivity index (χ0n) is 14.0. The third-order valence-corrected chi connectivity index (χ3v) is 6.23. The topological polar surface area (TPSA) is 76.4 Å². The van der Waals surface area contributed by atoms with E-state index in [4.69, 9.17) is 0 Å². The van der Waals surface area contributed by atoms with E-state index in [9.17, 15) is 9.59 Å². The Labute approximate surface area is 166 Å². The summed E-state index contributed by atoms with van der Waals surface area (Å²) < 4.78 is 1.51. The second-order valence-electron chi connectivity index (χ2n) is 5.60. The fourth-order valence-corrected chi connectivity index (χ4v) is 4.57. The lowest BCUT2D eigenvalue weighted by molar-refractivity contribution is -0.113. The first-order valence-corrected chi connectivity index (χ1v) is 10.9. The second-order valence-corrected chi connectivity index (χ2v) is 8.35. The Morgan fingerprint density at radius 1 is 1.19 bits per heavy atom. The van der Waals surface area contributed by atoms with Crippen LogP contribution in [-0.2, 0) is 10.5 Å². The first-order chi connectivity index (χ1) is 13.2. The largest absolute Gasteiger partial charge is 0.325 e. The van der Waals surface area contributed by atoms with Gasteiger partial charge in [0.2, 0.25) is 5.91 Å². The highest BCUT2D eigenvalue weighted by molar-refractivity contribution is 7.99. The van der Waals surface area contributed by atoms with Crippen molar-refractivity contribution in [3.05, 3.63) is 69.5 Å². The van der Waals surface area contributed by atoms with E-state index in [1.54, 1.807) is 23.7 Å². The number of anilines is 1. The Hall–Kier alpha value is -2.49. The van der Waals surface area contributed by atoms with Crippen LogP contribution in [-0.4, -0.2) is 26.0 Å². The lowest BCUT2D eigenvalue weighted by Crippen LogP contribution is -2.15. The van der Waals surface area contributed by atoms with Crippen LogP contribution in [0.1, 0.15) is 5.69 Å². The molecule has 0 spiro atoms. The number of amides is 1. The van der Waals surface area contributed by atoms with Gasteiger partial charge in [0.05, 0.1) is 11.4 Å². The molecule has 0 aliphatic carbocycles. The van der Waals surface area contributed by atoms with Crippen molar-refractivity contribution in [3.63, 3.8) is 0 Å². The van der Waals surface area contributed by atoms with Gasteiger partial charge in [-0.05, 0) is 24.3 Å². The highest BCUT2D eigenvalue weighted by Crippen LogP contribution is 2.23. The second kappa shape index (κ2) is 8.03. The Kier molecular flexibility index (Phi) is 5.33. The summed E-state index contributed by atoms with van der Waals surface area (Å²) in [6, 6.07) is 9.13. The van der Waals surface area contributed by atoms with E-state index in [1.165, 1.54) is 33.6 Å². The number of carbonyl (C=O) groups is 1. The number of hydrogen-bond acceptors (Lipinski definition) is 7. The molecule has 1 amide bonds. The van der Waals surface area contributed by atoms with Crippen molar-refractivity contribution in [2.45, 2.75) is 5.75 Å². The maximum Gasteiger partial charge on any atom is 0.258 e. The average molecular weight is 415 g/mol. The van der Waals surface area contributed by atoms with Crippen LogP contribution in [0.2, 0.25) is 0 Å². The highest BCUT2D eigenvalue weighted by Gasteiger charge is 2.07. The third-order valence-electron chi connectivity index (χ3n) is 3.69. The van der Waals surface area contributed by atoms with Crippen molar-refractivity contribution < 1.29 is 4.79 Å². The highest BCUT2D eigenvalue weighted by atomic mass is 32.2. The number of rotatable bonds is 6. The van der Waals surface area contributed by atoms with Gasteiger partial charge in [0.15, 0.2) is 4.96 Å². The molecule has 27 heavy (non-hydrogen) atoms. The number of benzene rings is 1. The van der Waals surface area contributed by atoms with Gasteiger partial charge in [-0.15, -0.1) is 34.4 Å². The van der Waals surface area contributed by atoms with Crippen molar-refractivity contribution in [1.29, 1.82) is 0 Å². The minimum absolute atomic E-state index is 0.0871. The Bertz CT molecular complexity index is 1120. The van der Waals surface area contributed by atoms with Crippen molar-refractivity contribution in [2.24, 2.45) is 0 Å². The fraction of sp³-hybridized carbons (Fsp3) is 0.111. The molecule has 0 saturated carbocycles. The number of thiazole rings is 2. The normalized spacial score (nSPS) is 11.0. The number of fused-ring (bicyclic) bond motifs is 1. The van der Waals surface area contributed by atoms with Crippen molar-refractivity contribution in [3.8, 4) is 10.6 Å². The minimum Gasteiger partial charge on any atom is -0.325 e. The number of nitrogens with one attached hydrogen (secondary N) is 1. The van der Waals surface area contributed by atoms with Crippen LogP contribution in [0.25, 0.3) is 15.5 Å². The average Bonchev–Trinajstić information content (AvgIpc) is 3.34. The lowest BCUT2D eigenvalue weighted by atomic mass is 10.2. The van der Waals surface area contributed by atoms with Crippen LogP contribution in [0.15, 0.2) is 58.3 Å². The monoisotopic (exact) mass is 414 g/mol. The van der Waals surface area contributed by atoms with Crippen molar-refractivity contribution >= 4 is 51.0 Å². The molecule has 0 radical (unpaired) electrons. The van der Waals surface area contributed by atoms with Crippen LogP contribution in [0.5, 0.6) is 0 Å². The summed E-state index contributed by atoms with van der Waals surface area (Å²) in [4.78, 5) is 33.4. The van der Waals surface area contributed by atoms with Crippen LogP contribution < -0.4 is 10.9 Å². The van der Waals surface area contributed by atoms with Crippen LogP contribution in [0.4, 0.5) is 5.69 Å². The molecular formula is C18H14N4O2S3. The molecule has 0 atom stereocenters. The predicted molar refractivity (Wildman–Crippen MR) is 112 cm³/mol. The number of aromatic nitrogens is 3. The van der Waals surface area contributed by atoms with Gasteiger partial charge in [-0.2, -0.15) is 0 Å². The summed E-state index contributed by atoms with van der Waals surface area (Å²) in [6.45, 7) is 0. The van der Waals surface area contributed by atoms with Gasteiger partial charge in [-0.25, -0.2) is 9.97 Å². The van der Waals surface area contributed by atoms with E-state index < -0.39 is 0 Å². The lowest BCUT2D eigenvalue weighted by Gasteiger charge is -2.06. The van der Waals surface area contributed by atoms with Gasteiger partial charge >= 0.3 is 0 Å². The number of nitrogens with zero attached hydrogens (tertiary/aromatic N) is 3. The van der Waals surface area contributed by atoms with E-state index in [2.05, 4.69) is 15.3 Å². The summed E-state index contributed by atoms with van der Waals surface area (Å²) in [7, 11) is 0. The molecule has 0 bridgehead atoms. The summed E-state index contributed by atoms with van der Waals surface area (Å²) in [5.74, 6) is 0.718. The van der Waals surface area contributed by atoms with Gasteiger partial charge in [0.1, 0.15) is 5.01 Å². The molecule has 0 aliphatic rings. The van der Waals surface area contributed by atoms with Gasteiger partial charge in [0.25, 0.3) is 5.56 Å². The SMILES string of the molecule is O=C(CSCc1cc(=O)n2ccsc2n1)Nc1ccc(-c2nccs2)cc1. The van der Waals surface area contributed by atoms with Crippen molar-refractivity contribution in [1.82, 2.24) is 14.4 Å². The van der Waals surface area contributed by atoms with E-state index in [1.807, 2.05) is 35.0 Å². The zero-order valence-corrected chi connectivity index (χ0v) is 16.4. The molecule has 1 aromatic carbocycles. The quantitative estimate of drug-likeness (QED) is 0.520. The standard InChI is InChI=1S/C18H14N4O2S3/c23-15(20-13-3-1-12(2-4-13)17-19-5-7-26-17)11-25-10-14-9-16(24)22-6-8-27-18(22)21-14/h1-9H,10-11H2,(H,20,23). The molecule has 3 aromatic heterocycles. The zero-order chi connectivity index (χ0) is 18.6. The first kappa shape index (κ1) is 17.9. The van der Waals surface area contributed by atoms with Crippen LogP contribution in [0.3, 0.4) is 0 Å². The molecule has 0 aliphatic heterocycles. The van der Waals surface area contributed by atoms with E-state index in [0.717, 1.165) is 16.3 Å². The molecule has 0 saturated heterocycles. The fourth-order valence-electron chi connectivity index (χ4n) is 2.47. The maximum atomic E-state index is 12.1. The molecule has 9 heteroatoms. The van der Waals surface area contributed by atoms with Gasteiger partial charge < -0.3 is 5.32 Å². The van der Waals surface area contributed by atoms with Crippen LogP contribution in [0, 0.1) is 0 Å². The molecule has 6 nitrogen and oxygen atoms in total. The summed E-state index contributed by atoms with van der Waals surface area (Å²) in [6.07, 6.45) is 3.48. The molecule has 1 N–H and O–H groups in total. The summed E-state index contributed by atoms with van der Waals surface area (Å²) >= 11 is 4.42. The molecule has 0 unspecified atom stereocenters. The van der Waals surface area contributed by atoms with Gasteiger partial charge in [-0.1, -0.05) is 0 Å². The number of hydrogen-bond donors (Lipinski definition) is 1. The Morgan fingerprint density at radius 3 is 2.81 bits per heavy atom. The van der Waals surface area contributed by atoms with E-state index >= 15 is 0 Å². The number of carbonyl (C=O) groups excluding carboxylic acids is 1. The van der Waals surface area contributed by atoms with E-state index in [0.29, 0.717) is 22.2 Å². The minimum atomic E-state index is -0.0957. The third kappa shape index (κ3) is 4.26. The molecular weight excluding hydrogens is 400 g/mol. The molecule has 4 rings (SSSR count).